The Labute approximate surface area is 240 Å². The monoisotopic (exact) mass is 560 g/mol. The molecular formula is C33H52O7. The Hall–Kier alpha value is -1.51. The number of aliphatic hydroxyl groups is 3. The minimum absolute atomic E-state index is 0.314. The molecule has 10 atom stereocenters. The van der Waals surface area contributed by atoms with Gasteiger partial charge in [0.15, 0.2) is 12.4 Å². The first-order chi connectivity index (χ1) is 18.9. The average molecular weight is 561 g/mol. The van der Waals surface area contributed by atoms with Crippen molar-refractivity contribution >= 4 is 5.97 Å². The summed E-state index contributed by atoms with van der Waals surface area (Å²) in [5.74, 6) is 1.55. The first-order valence-corrected chi connectivity index (χ1v) is 15.6. The molecule has 4 aliphatic rings. The van der Waals surface area contributed by atoms with Crippen molar-refractivity contribution in [3.63, 3.8) is 0 Å². The van der Waals surface area contributed by atoms with Gasteiger partial charge in [-0.2, -0.15) is 0 Å². The highest BCUT2D eigenvalue weighted by Gasteiger charge is 2.51. The summed E-state index contributed by atoms with van der Waals surface area (Å²) >= 11 is 0. The third-order valence-corrected chi connectivity index (χ3v) is 10.5. The number of carboxylic acids is 1. The molecule has 1 heterocycles. The molecule has 1 aliphatic heterocycles. The lowest BCUT2D eigenvalue weighted by atomic mass is 9.60. The van der Waals surface area contributed by atoms with Crippen molar-refractivity contribution in [3.8, 4) is 0 Å². The average Bonchev–Trinajstić information content (AvgIpc) is 3.26. The second-order valence-electron chi connectivity index (χ2n) is 13.7. The number of carboxylic acid groups (broad SMARTS) is 1. The number of aliphatic hydroxyl groups excluding tert-OH is 3. The maximum atomic E-state index is 11.5. The van der Waals surface area contributed by atoms with Crippen LogP contribution in [-0.2, 0) is 14.3 Å². The number of ether oxygens (including phenoxy) is 2. The third-order valence-electron chi connectivity index (χ3n) is 10.5. The van der Waals surface area contributed by atoms with Crippen molar-refractivity contribution in [3.05, 3.63) is 35.5 Å². The quantitative estimate of drug-likeness (QED) is 0.293. The molecule has 3 aliphatic carbocycles. The van der Waals surface area contributed by atoms with Gasteiger partial charge in [-0.15, -0.1) is 0 Å². The Balaban J connectivity index is 1.42. The van der Waals surface area contributed by atoms with Gasteiger partial charge in [0.25, 0.3) is 0 Å². The minimum atomic E-state index is -1.72. The second-order valence-corrected chi connectivity index (χ2v) is 13.7. The first-order valence-electron chi connectivity index (χ1n) is 15.6. The zero-order chi connectivity index (χ0) is 29.2. The summed E-state index contributed by atoms with van der Waals surface area (Å²) < 4.78 is 11.3. The molecule has 0 aromatic heterocycles. The summed E-state index contributed by atoms with van der Waals surface area (Å²) in [6.07, 6.45) is 8.55. The topological polar surface area (TPSA) is 116 Å². The molecule has 7 nitrogen and oxygen atoms in total. The lowest BCUT2D eigenvalue weighted by molar-refractivity contribution is -0.304. The van der Waals surface area contributed by atoms with Crippen LogP contribution < -0.4 is 0 Å². The predicted octanol–water partition coefficient (Wildman–Crippen LogP) is 5.54. The van der Waals surface area contributed by atoms with Gasteiger partial charge in [-0.3, -0.25) is 0 Å². The van der Waals surface area contributed by atoms with Crippen molar-refractivity contribution in [2.75, 3.05) is 0 Å². The zero-order valence-electron chi connectivity index (χ0n) is 24.9. The number of fused-ring (bicyclic) bond motifs is 1. The van der Waals surface area contributed by atoms with Crippen LogP contribution in [0, 0.1) is 29.1 Å². The minimum Gasteiger partial charge on any atom is -0.479 e. The fraction of sp³-hybridized carbons (Fsp3) is 0.788. The molecule has 40 heavy (non-hydrogen) atoms. The first kappa shape index (κ1) is 31.4. The Morgan fingerprint density at radius 3 is 2.52 bits per heavy atom. The Kier molecular flexibility index (Phi) is 10.4. The molecule has 0 aromatic rings. The lowest BCUT2D eigenvalue weighted by Crippen LogP contribution is -2.60. The Morgan fingerprint density at radius 1 is 1.07 bits per heavy atom. The van der Waals surface area contributed by atoms with Gasteiger partial charge in [-0.05, 0) is 86.0 Å². The van der Waals surface area contributed by atoms with E-state index >= 15 is 0 Å². The molecule has 4 N–H and O–H groups in total. The summed E-state index contributed by atoms with van der Waals surface area (Å²) in [4.78, 5) is 11.5. The highest BCUT2D eigenvalue weighted by Crippen LogP contribution is 2.60. The van der Waals surface area contributed by atoms with E-state index in [1.165, 1.54) is 44.9 Å². The normalized spacial score (nSPS) is 41.5. The van der Waals surface area contributed by atoms with E-state index in [9.17, 15) is 25.2 Å². The Morgan fingerprint density at radius 2 is 1.82 bits per heavy atom. The van der Waals surface area contributed by atoms with Crippen molar-refractivity contribution in [2.24, 2.45) is 29.1 Å². The molecule has 226 valence electrons. The molecular weight excluding hydrogens is 508 g/mol. The van der Waals surface area contributed by atoms with Crippen molar-refractivity contribution < 1.29 is 34.7 Å². The SMILES string of the molecule is C=C1CC[C@@H](O[C@@H]2O[C@H](C(=O)O)[C@@H](O)[C@H](O)[C@@H]2O)C/C1=C/C=C1\CCC[C@@]2(C)[C@@H]1CC[C@H]2[C@@H](C)CCCC(C)C. The lowest BCUT2D eigenvalue weighted by Gasteiger charge is -2.44. The molecule has 0 radical (unpaired) electrons. The van der Waals surface area contributed by atoms with Gasteiger partial charge in [0.2, 0.25) is 0 Å². The van der Waals surface area contributed by atoms with Gasteiger partial charge < -0.3 is 29.9 Å². The molecule has 1 saturated heterocycles. The smallest absolute Gasteiger partial charge is 0.335 e. The molecule has 4 rings (SSSR count). The van der Waals surface area contributed by atoms with E-state index in [1.54, 1.807) is 5.57 Å². The number of hydrogen-bond acceptors (Lipinski definition) is 6. The van der Waals surface area contributed by atoms with Crippen LogP contribution in [0.15, 0.2) is 35.5 Å². The Bertz CT molecular complexity index is 970. The largest absolute Gasteiger partial charge is 0.479 e. The van der Waals surface area contributed by atoms with Crippen LogP contribution in [0.5, 0.6) is 0 Å². The van der Waals surface area contributed by atoms with E-state index in [0.717, 1.165) is 41.7 Å². The molecule has 0 spiro atoms. The zero-order valence-corrected chi connectivity index (χ0v) is 24.9. The molecule has 3 saturated carbocycles. The molecule has 0 bridgehead atoms. The summed E-state index contributed by atoms with van der Waals surface area (Å²) in [5, 5.41) is 39.8. The number of aliphatic carboxylic acids is 1. The van der Waals surface area contributed by atoms with E-state index in [2.05, 4.69) is 46.4 Å². The summed E-state index contributed by atoms with van der Waals surface area (Å²) in [7, 11) is 0. The fourth-order valence-electron chi connectivity index (χ4n) is 8.11. The number of rotatable bonds is 9. The van der Waals surface area contributed by atoms with E-state index in [1.807, 2.05) is 0 Å². The predicted molar refractivity (Wildman–Crippen MR) is 154 cm³/mol. The van der Waals surface area contributed by atoms with Gasteiger partial charge >= 0.3 is 5.97 Å². The molecule has 0 unspecified atom stereocenters. The van der Waals surface area contributed by atoms with Crippen molar-refractivity contribution in [2.45, 2.75) is 135 Å². The van der Waals surface area contributed by atoms with Crippen LogP contribution in [0.25, 0.3) is 0 Å². The van der Waals surface area contributed by atoms with Gasteiger partial charge in [0.1, 0.15) is 18.3 Å². The highest BCUT2D eigenvalue weighted by molar-refractivity contribution is 5.73. The number of carbonyl (C=O) groups is 1. The maximum absolute atomic E-state index is 11.5. The van der Waals surface area contributed by atoms with Crippen LogP contribution in [0.3, 0.4) is 0 Å². The van der Waals surface area contributed by atoms with E-state index in [0.29, 0.717) is 24.2 Å². The molecule has 4 fully saturated rings. The number of allylic oxidation sites excluding steroid dienone is 4. The van der Waals surface area contributed by atoms with Crippen molar-refractivity contribution in [1.82, 2.24) is 0 Å². The standard InChI is InChI=1S/C33H52O7/c1-19(2)8-6-9-21(4)25-15-16-26-22(10-7-17-33(25,26)5)12-13-23-18-24(14-11-20(23)3)39-32-29(36)27(34)28(35)30(40-32)31(37)38/h12-13,19,21,24-30,32,34-36H,3,6-11,14-18H2,1-2,4-5H3,(H,37,38)/b22-12+,23-13-/t21-,24+,25-,26+,27-,28-,29-,30-,32+,33+/m0/s1. The summed E-state index contributed by atoms with van der Waals surface area (Å²) in [6, 6.07) is 0. The summed E-state index contributed by atoms with van der Waals surface area (Å²) in [6.45, 7) is 13.9. The summed E-state index contributed by atoms with van der Waals surface area (Å²) in [5.41, 5.74) is 4.10. The van der Waals surface area contributed by atoms with Crippen LogP contribution in [0.2, 0.25) is 0 Å². The maximum Gasteiger partial charge on any atom is 0.335 e. The second kappa shape index (κ2) is 13.2. The van der Waals surface area contributed by atoms with Gasteiger partial charge in [-0.25, -0.2) is 4.79 Å². The molecule has 0 aromatic carbocycles. The van der Waals surface area contributed by atoms with E-state index < -0.39 is 36.7 Å². The van der Waals surface area contributed by atoms with Crippen LogP contribution in [0.1, 0.15) is 98.3 Å². The van der Waals surface area contributed by atoms with Crippen LogP contribution >= 0.6 is 0 Å². The fourth-order valence-corrected chi connectivity index (χ4v) is 8.11. The van der Waals surface area contributed by atoms with Gasteiger partial charge in [0.05, 0.1) is 6.10 Å². The van der Waals surface area contributed by atoms with E-state index in [-0.39, 0.29) is 6.10 Å². The highest BCUT2D eigenvalue weighted by atomic mass is 16.7. The number of hydrogen-bond donors (Lipinski definition) is 4. The van der Waals surface area contributed by atoms with Crippen molar-refractivity contribution in [1.29, 1.82) is 0 Å². The third kappa shape index (κ3) is 6.75. The van der Waals surface area contributed by atoms with E-state index in [4.69, 9.17) is 9.47 Å². The molecule has 7 heteroatoms. The molecule has 0 amide bonds. The van der Waals surface area contributed by atoms with Crippen LogP contribution in [0.4, 0.5) is 0 Å². The van der Waals surface area contributed by atoms with Gasteiger partial charge in [-0.1, -0.05) is 76.8 Å². The van der Waals surface area contributed by atoms with Gasteiger partial charge in [0, 0.05) is 0 Å². The van der Waals surface area contributed by atoms with Crippen LogP contribution in [-0.4, -0.2) is 63.2 Å².